The number of Topliss-reactive ketones (excluding diaryl/α,β-unsaturated/α-hetero) is 2. The fraction of sp³-hybridized carbons (Fsp3) is 0.263. The van der Waals surface area contributed by atoms with E-state index in [-0.39, 0.29) is 16.8 Å². The van der Waals surface area contributed by atoms with Gasteiger partial charge in [-0.2, -0.15) is 0 Å². The number of hydrogen-bond donors (Lipinski definition) is 1. The Kier molecular flexibility index (Phi) is 5.08. The molecule has 0 saturated heterocycles. The number of para-hydroxylation sites is 1. The third kappa shape index (κ3) is 3.35. The van der Waals surface area contributed by atoms with Crippen LogP contribution in [0.2, 0.25) is 0 Å². The summed E-state index contributed by atoms with van der Waals surface area (Å²) in [5.41, 5.74) is 3.45. The number of thioether (sulfide) groups is 1. The van der Waals surface area contributed by atoms with Crippen molar-refractivity contribution in [1.82, 2.24) is 19.7 Å². The minimum absolute atomic E-state index is 0.0422. The summed E-state index contributed by atoms with van der Waals surface area (Å²) in [7, 11) is 0. The van der Waals surface area contributed by atoms with Gasteiger partial charge in [0.25, 0.3) is 0 Å². The van der Waals surface area contributed by atoms with Crippen LogP contribution < -0.4 is 0 Å². The van der Waals surface area contributed by atoms with Gasteiger partial charge in [-0.05, 0) is 45.4 Å². The predicted octanol–water partition coefficient (Wildman–Crippen LogP) is 3.78. The second-order valence-corrected chi connectivity index (χ2v) is 7.43. The molecule has 1 aromatic carbocycles. The van der Waals surface area contributed by atoms with Crippen LogP contribution in [0.1, 0.15) is 46.0 Å². The zero-order valence-electron chi connectivity index (χ0n) is 15.1. The molecule has 134 valence electrons. The molecule has 6 nitrogen and oxygen atoms in total. The van der Waals surface area contributed by atoms with E-state index in [1.165, 1.54) is 18.7 Å². The van der Waals surface area contributed by atoms with Crippen LogP contribution in [0.5, 0.6) is 0 Å². The zero-order chi connectivity index (χ0) is 18.8. The van der Waals surface area contributed by atoms with Crippen molar-refractivity contribution < 1.29 is 9.59 Å². The predicted molar refractivity (Wildman–Crippen MR) is 101 cm³/mol. The highest BCUT2D eigenvalue weighted by molar-refractivity contribution is 8.00. The van der Waals surface area contributed by atoms with Gasteiger partial charge in [0.15, 0.2) is 16.7 Å². The van der Waals surface area contributed by atoms with Crippen molar-refractivity contribution in [3.8, 4) is 5.69 Å². The first kappa shape index (κ1) is 18.1. The number of benzene rings is 1. The van der Waals surface area contributed by atoms with Crippen molar-refractivity contribution >= 4 is 23.3 Å². The van der Waals surface area contributed by atoms with E-state index >= 15 is 0 Å². The quantitative estimate of drug-likeness (QED) is 0.529. The Hall–Kier alpha value is -2.67. The van der Waals surface area contributed by atoms with Gasteiger partial charge in [0.1, 0.15) is 6.33 Å². The SMILES string of the molecule is CC(=O)c1c(C)[nH]c(C(=O)C(C)Sc2nncn2-c2ccccc2)c1C. The van der Waals surface area contributed by atoms with Crippen molar-refractivity contribution in [2.45, 2.75) is 38.1 Å². The average molecular weight is 368 g/mol. The molecule has 0 aliphatic rings. The van der Waals surface area contributed by atoms with E-state index in [1.54, 1.807) is 13.3 Å². The molecule has 0 fully saturated rings. The molecule has 0 aliphatic heterocycles. The molecule has 26 heavy (non-hydrogen) atoms. The average Bonchev–Trinajstić information content (AvgIpc) is 3.19. The summed E-state index contributed by atoms with van der Waals surface area (Å²) in [6, 6.07) is 9.73. The molecule has 0 radical (unpaired) electrons. The highest BCUT2D eigenvalue weighted by Gasteiger charge is 2.25. The minimum Gasteiger partial charge on any atom is -0.355 e. The molecule has 0 amide bonds. The monoisotopic (exact) mass is 368 g/mol. The van der Waals surface area contributed by atoms with Gasteiger partial charge in [-0.25, -0.2) is 0 Å². The Morgan fingerprint density at radius 1 is 1.19 bits per heavy atom. The Balaban J connectivity index is 1.85. The van der Waals surface area contributed by atoms with Crippen LogP contribution in [-0.2, 0) is 0 Å². The molecular formula is C19H20N4O2S. The van der Waals surface area contributed by atoms with Gasteiger partial charge in [-0.15, -0.1) is 10.2 Å². The van der Waals surface area contributed by atoms with Crippen molar-refractivity contribution in [1.29, 1.82) is 0 Å². The summed E-state index contributed by atoms with van der Waals surface area (Å²) in [5.74, 6) is -0.106. The van der Waals surface area contributed by atoms with Crippen molar-refractivity contribution in [2.75, 3.05) is 0 Å². The lowest BCUT2D eigenvalue weighted by atomic mass is 10.0. The number of aromatic nitrogens is 4. The van der Waals surface area contributed by atoms with E-state index < -0.39 is 0 Å². The molecule has 1 N–H and O–H groups in total. The van der Waals surface area contributed by atoms with Gasteiger partial charge < -0.3 is 4.98 Å². The maximum absolute atomic E-state index is 12.9. The first-order valence-electron chi connectivity index (χ1n) is 8.26. The van der Waals surface area contributed by atoms with Crippen LogP contribution in [0.25, 0.3) is 5.69 Å². The van der Waals surface area contributed by atoms with Gasteiger partial charge in [-0.3, -0.25) is 14.2 Å². The van der Waals surface area contributed by atoms with Crippen LogP contribution in [-0.4, -0.2) is 36.6 Å². The largest absolute Gasteiger partial charge is 0.355 e. The standard InChI is InChI=1S/C19H20N4O2S/c1-11-16(13(3)24)12(2)21-17(11)18(25)14(4)26-19-22-20-10-23(19)15-8-6-5-7-9-15/h5-10,14,21H,1-4H3. The maximum atomic E-state index is 12.9. The van der Waals surface area contributed by atoms with Gasteiger partial charge in [0, 0.05) is 16.9 Å². The highest BCUT2D eigenvalue weighted by atomic mass is 32.2. The van der Waals surface area contributed by atoms with Crippen LogP contribution in [0.3, 0.4) is 0 Å². The summed E-state index contributed by atoms with van der Waals surface area (Å²) >= 11 is 1.34. The Morgan fingerprint density at radius 3 is 2.50 bits per heavy atom. The number of nitrogens with one attached hydrogen (secondary N) is 1. The topological polar surface area (TPSA) is 80.6 Å². The molecule has 3 rings (SSSR count). The smallest absolute Gasteiger partial charge is 0.196 e. The lowest BCUT2D eigenvalue weighted by molar-refractivity contribution is 0.0988. The van der Waals surface area contributed by atoms with Gasteiger partial charge in [-0.1, -0.05) is 30.0 Å². The highest BCUT2D eigenvalue weighted by Crippen LogP contribution is 2.28. The van der Waals surface area contributed by atoms with Crippen LogP contribution in [0.15, 0.2) is 41.8 Å². The summed E-state index contributed by atoms with van der Waals surface area (Å²) in [5, 5.41) is 8.38. The van der Waals surface area contributed by atoms with Crippen molar-refractivity contribution in [3.05, 3.63) is 59.2 Å². The molecule has 2 aromatic heterocycles. The maximum Gasteiger partial charge on any atom is 0.196 e. The number of H-pyrrole nitrogens is 1. The Bertz CT molecular complexity index is 959. The second kappa shape index (κ2) is 7.29. The molecule has 0 spiro atoms. The molecule has 3 aromatic rings. The summed E-state index contributed by atoms with van der Waals surface area (Å²) in [6.07, 6.45) is 1.63. The molecule has 7 heteroatoms. The number of aromatic amines is 1. The molecular weight excluding hydrogens is 348 g/mol. The van der Waals surface area contributed by atoms with Gasteiger partial charge in [0.05, 0.1) is 10.9 Å². The summed E-state index contributed by atoms with van der Waals surface area (Å²) in [6.45, 7) is 6.96. The van der Waals surface area contributed by atoms with E-state index in [9.17, 15) is 9.59 Å². The number of nitrogens with zero attached hydrogens (tertiary/aromatic N) is 3. The Labute approximate surface area is 156 Å². The van der Waals surface area contributed by atoms with Crippen LogP contribution in [0.4, 0.5) is 0 Å². The number of aryl methyl sites for hydroxylation is 1. The van der Waals surface area contributed by atoms with E-state index in [2.05, 4.69) is 15.2 Å². The molecule has 0 bridgehead atoms. The van der Waals surface area contributed by atoms with E-state index in [1.807, 2.05) is 48.7 Å². The Morgan fingerprint density at radius 2 is 1.88 bits per heavy atom. The van der Waals surface area contributed by atoms with Gasteiger partial charge in [0.2, 0.25) is 0 Å². The fourth-order valence-electron chi connectivity index (χ4n) is 3.01. The number of rotatable bonds is 6. The van der Waals surface area contributed by atoms with Crippen molar-refractivity contribution in [2.24, 2.45) is 0 Å². The first-order chi connectivity index (χ1) is 12.4. The van der Waals surface area contributed by atoms with Crippen molar-refractivity contribution in [3.63, 3.8) is 0 Å². The molecule has 1 unspecified atom stereocenters. The zero-order valence-corrected chi connectivity index (χ0v) is 15.9. The second-order valence-electron chi connectivity index (χ2n) is 6.12. The third-order valence-electron chi connectivity index (χ3n) is 4.24. The van der Waals surface area contributed by atoms with E-state index in [0.717, 1.165) is 11.4 Å². The van der Waals surface area contributed by atoms with Gasteiger partial charge >= 0.3 is 0 Å². The molecule has 0 saturated carbocycles. The third-order valence-corrected chi connectivity index (χ3v) is 5.30. The molecule has 2 heterocycles. The number of ketones is 2. The lowest BCUT2D eigenvalue weighted by Gasteiger charge is -2.11. The summed E-state index contributed by atoms with van der Waals surface area (Å²) in [4.78, 5) is 27.8. The van der Waals surface area contributed by atoms with Crippen LogP contribution >= 0.6 is 11.8 Å². The van der Waals surface area contributed by atoms with E-state index in [0.29, 0.717) is 22.0 Å². The first-order valence-corrected chi connectivity index (χ1v) is 9.14. The fourth-order valence-corrected chi connectivity index (χ4v) is 3.91. The number of hydrogen-bond acceptors (Lipinski definition) is 5. The molecule has 0 aliphatic carbocycles. The minimum atomic E-state index is -0.377. The summed E-state index contributed by atoms with van der Waals surface area (Å²) < 4.78 is 1.85. The van der Waals surface area contributed by atoms with E-state index in [4.69, 9.17) is 0 Å². The van der Waals surface area contributed by atoms with Crippen LogP contribution in [0, 0.1) is 13.8 Å². The lowest BCUT2D eigenvalue weighted by Crippen LogP contribution is -2.16. The number of carbonyl (C=O) groups is 2. The number of carbonyl (C=O) groups excluding carboxylic acids is 2. The normalized spacial score (nSPS) is 12.2. The molecule has 1 atom stereocenters.